The second-order valence-corrected chi connectivity index (χ2v) is 2.89. The molecule has 13 heavy (non-hydrogen) atoms. The van der Waals surface area contributed by atoms with Crippen LogP contribution in [0.15, 0.2) is 18.2 Å². The van der Waals surface area contributed by atoms with E-state index in [1.54, 1.807) is 0 Å². The highest BCUT2D eigenvalue weighted by atomic mass is 16.7. The van der Waals surface area contributed by atoms with Crippen LogP contribution in [0.4, 0.5) is 0 Å². The molecule has 0 spiro atoms. The summed E-state index contributed by atoms with van der Waals surface area (Å²) in [6, 6.07) is 5.93. The number of benzene rings is 1. The minimum Gasteiger partial charge on any atom is -0.454 e. The Balaban J connectivity index is 2.12. The van der Waals surface area contributed by atoms with Gasteiger partial charge < -0.3 is 9.47 Å². The van der Waals surface area contributed by atoms with Gasteiger partial charge in [-0.05, 0) is 24.1 Å². The quantitative estimate of drug-likeness (QED) is 0.523. The molecule has 0 unspecified atom stereocenters. The zero-order valence-corrected chi connectivity index (χ0v) is 7.25. The summed E-state index contributed by atoms with van der Waals surface area (Å²) in [6.07, 6.45) is 0.896. The highest BCUT2D eigenvalue weighted by molar-refractivity contribution is 5.44. The SMILES string of the molecule is NNCCc1ccc2c(c1)OCO2. The first-order valence-corrected chi connectivity index (χ1v) is 4.22. The molecule has 3 N–H and O–H groups in total. The zero-order valence-electron chi connectivity index (χ0n) is 7.25. The van der Waals surface area contributed by atoms with Crippen LogP contribution >= 0.6 is 0 Å². The molecule has 0 amide bonds. The van der Waals surface area contributed by atoms with Crippen LogP contribution in [0.2, 0.25) is 0 Å². The third kappa shape index (κ3) is 1.74. The first-order valence-electron chi connectivity index (χ1n) is 4.22. The van der Waals surface area contributed by atoms with Gasteiger partial charge in [0.15, 0.2) is 11.5 Å². The number of rotatable bonds is 3. The molecular weight excluding hydrogens is 168 g/mol. The molecule has 1 aliphatic heterocycles. The van der Waals surface area contributed by atoms with Crippen molar-refractivity contribution in [1.29, 1.82) is 0 Å². The van der Waals surface area contributed by atoms with Gasteiger partial charge in [-0.3, -0.25) is 11.3 Å². The van der Waals surface area contributed by atoms with Gasteiger partial charge in [-0.2, -0.15) is 0 Å². The number of ether oxygens (including phenoxy) is 2. The molecular formula is C9H12N2O2. The van der Waals surface area contributed by atoms with E-state index in [9.17, 15) is 0 Å². The van der Waals surface area contributed by atoms with E-state index in [1.165, 1.54) is 5.56 Å². The summed E-state index contributed by atoms with van der Waals surface area (Å²) in [7, 11) is 0. The lowest BCUT2D eigenvalue weighted by Crippen LogP contribution is -2.24. The van der Waals surface area contributed by atoms with Gasteiger partial charge >= 0.3 is 0 Å². The highest BCUT2D eigenvalue weighted by Crippen LogP contribution is 2.32. The van der Waals surface area contributed by atoms with E-state index in [-0.39, 0.29) is 0 Å². The Bertz CT molecular complexity index is 302. The van der Waals surface area contributed by atoms with Crippen molar-refractivity contribution in [1.82, 2.24) is 5.43 Å². The third-order valence-corrected chi connectivity index (χ3v) is 1.99. The van der Waals surface area contributed by atoms with E-state index in [4.69, 9.17) is 15.3 Å². The van der Waals surface area contributed by atoms with E-state index in [2.05, 4.69) is 5.43 Å². The van der Waals surface area contributed by atoms with Crippen LogP contribution in [-0.4, -0.2) is 13.3 Å². The molecule has 0 aliphatic carbocycles. The first kappa shape index (κ1) is 8.34. The molecule has 1 heterocycles. The zero-order chi connectivity index (χ0) is 9.10. The Morgan fingerprint density at radius 2 is 2.15 bits per heavy atom. The number of hydrogen-bond donors (Lipinski definition) is 2. The maximum absolute atomic E-state index is 5.25. The molecule has 1 aromatic rings. The molecule has 0 atom stereocenters. The predicted molar refractivity (Wildman–Crippen MR) is 48.5 cm³/mol. The topological polar surface area (TPSA) is 56.5 Å². The Hall–Kier alpha value is -1.26. The lowest BCUT2D eigenvalue weighted by molar-refractivity contribution is 0.174. The lowest BCUT2D eigenvalue weighted by Gasteiger charge is -2.01. The molecule has 4 nitrogen and oxygen atoms in total. The van der Waals surface area contributed by atoms with Crippen LogP contribution in [0.3, 0.4) is 0 Å². The number of nitrogens with one attached hydrogen (secondary N) is 1. The summed E-state index contributed by atoms with van der Waals surface area (Å²) in [5.41, 5.74) is 3.81. The van der Waals surface area contributed by atoms with Gasteiger partial charge in [-0.15, -0.1) is 0 Å². The van der Waals surface area contributed by atoms with Crippen molar-refractivity contribution < 1.29 is 9.47 Å². The molecule has 1 aliphatic rings. The fraction of sp³-hybridized carbons (Fsp3) is 0.333. The fourth-order valence-corrected chi connectivity index (χ4v) is 1.31. The van der Waals surface area contributed by atoms with Gasteiger partial charge in [0.05, 0.1) is 0 Å². The van der Waals surface area contributed by atoms with Crippen molar-refractivity contribution in [2.24, 2.45) is 5.84 Å². The minimum absolute atomic E-state index is 0.327. The van der Waals surface area contributed by atoms with Crippen molar-refractivity contribution in [3.8, 4) is 11.5 Å². The summed E-state index contributed by atoms with van der Waals surface area (Å²) < 4.78 is 10.4. The molecule has 0 fully saturated rings. The predicted octanol–water partition coefficient (Wildman–Crippen LogP) is 0.421. The number of hydrogen-bond acceptors (Lipinski definition) is 4. The monoisotopic (exact) mass is 180 g/mol. The van der Waals surface area contributed by atoms with Gasteiger partial charge in [0.25, 0.3) is 0 Å². The number of fused-ring (bicyclic) bond motifs is 1. The number of hydrazine groups is 1. The summed E-state index contributed by atoms with van der Waals surface area (Å²) in [5.74, 6) is 6.84. The van der Waals surface area contributed by atoms with Crippen LogP contribution in [0.25, 0.3) is 0 Å². The third-order valence-electron chi connectivity index (χ3n) is 1.99. The molecule has 1 aromatic carbocycles. The Morgan fingerprint density at radius 1 is 1.31 bits per heavy atom. The van der Waals surface area contributed by atoms with E-state index in [0.717, 1.165) is 24.5 Å². The Labute approximate surface area is 76.6 Å². The maximum atomic E-state index is 5.25. The summed E-state index contributed by atoms with van der Waals surface area (Å²) >= 11 is 0. The fourth-order valence-electron chi connectivity index (χ4n) is 1.31. The second kappa shape index (κ2) is 3.64. The molecule has 2 rings (SSSR count). The average molecular weight is 180 g/mol. The van der Waals surface area contributed by atoms with Gasteiger partial charge in [0, 0.05) is 6.54 Å². The van der Waals surface area contributed by atoms with Crippen LogP contribution in [0, 0.1) is 0 Å². The Kier molecular flexibility index (Phi) is 2.33. The largest absolute Gasteiger partial charge is 0.454 e. The van der Waals surface area contributed by atoms with Gasteiger partial charge in [-0.1, -0.05) is 6.07 Å². The van der Waals surface area contributed by atoms with Gasteiger partial charge in [0.2, 0.25) is 6.79 Å². The first-order chi connectivity index (χ1) is 6.40. The number of nitrogens with two attached hydrogens (primary N) is 1. The summed E-state index contributed by atoms with van der Waals surface area (Å²) in [6.45, 7) is 1.09. The van der Waals surface area contributed by atoms with Crippen molar-refractivity contribution >= 4 is 0 Å². The Morgan fingerprint density at radius 3 is 3.00 bits per heavy atom. The minimum atomic E-state index is 0.327. The molecule has 0 aromatic heterocycles. The van der Waals surface area contributed by atoms with E-state index >= 15 is 0 Å². The summed E-state index contributed by atoms with van der Waals surface area (Å²) in [5, 5.41) is 0. The van der Waals surface area contributed by atoms with Gasteiger partial charge in [0.1, 0.15) is 0 Å². The molecule has 0 radical (unpaired) electrons. The van der Waals surface area contributed by atoms with Crippen LogP contribution < -0.4 is 20.7 Å². The van der Waals surface area contributed by atoms with Crippen molar-refractivity contribution in [3.05, 3.63) is 23.8 Å². The molecule has 70 valence electrons. The molecule has 4 heteroatoms. The summed E-state index contributed by atoms with van der Waals surface area (Å²) in [4.78, 5) is 0. The molecule has 0 bridgehead atoms. The lowest BCUT2D eigenvalue weighted by atomic mass is 10.1. The standard InChI is InChI=1S/C9H12N2O2/c10-11-4-3-7-1-2-8-9(5-7)13-6-12-8/h1-2,5,11H,3-4,6,10H2. The van der Waals surface area contributed by atoms with Crippen molar-refractivity contribution in [3.63, 3.8) is 0 Å². The van der Waals surface area contributed by atoms with E-state index in [1.807, 2.05) is 18.2 Å². The van der Waals surface area contributed by atoms with Gasteiger partial charge in [-0.25, -0.2) is 0 Å². The van der Waals surface area contributed by atoms with Crippen LogP contribution in [0.1, 0.15) is 5.56 Å². The molecule has 0 saturated heterocycles. The van der Waals surface area contributed by atoms with Crippen LogP contribution in [0.5, 0.6) is 11.5 Å². The second-order valence-electron chi connectivity index (χ2n) is 2.89. The smallest absolute Gasteiger partial charge is 0.231 e. The highest BCUT2D eigenvalue weighted by Gasteiger charge is 2.12. The normalized spacial score (nSPS) is 13.3. The van der Waals surface area contributed by atoms with E-state index in [0.29, 0.717) is 6.79 Å². The van der Waals surface area contributed by atoms with E-state index < -0.39 is 0 Å². The van der Waals surface area contributed by atoms with Crippen LogP contribution in [-0.2, 0) is 6.42 Å². The maximum Gasteiger partial charge on any atom is 0.231 e. The average Bonchev–Trinajstić information content (AvgIpc) is 2.61. The van der Waals surface area contributed by atoms with Crippen molar-refractivity contribution in [2.45, 2.75) is 6.42 Å². The molecule has 0 saturated carbocycles. The van der Waals surface area contributed by atoms with Crippen molar-refractivity contribution in [2.75, 3.05) is 13.3 Å².